The Labute approximate surface area is 98.5 Å². The molecule has 0 aliphatic rings. The van der Waals surface area contributed by atoms with Gasteiger partial charge in [0.2, 0.25) is 5.13 Å². The smallest absolute Gasteiger partial charge is 0.205 e. The zero-order chi connectivity index (χ0) is 11.4. The molecule has 0 aromatic carbocycles. The summed E-state index contributed by atoms with van der Waals surface area (Å²) in [7, 11) is 0. The summed E-state index contributed by atoms with van der Waals surface area (Å²) in [5.74, 6) is 0. The topological polar surface area (TPSA) is 55.6 Å². The molecule has 5 nitrogen and oxygen atoms in total. The average Bonchev–Trinajstić information content (AvgIpc) is 2.85. The third-order valence-corrected chi connectivity index (χ3v) is 3.05. The summed E-state index contributed by atoms with van der Waals surface area (Å²) in [4.78, 5) is 0. The van der Waals surface area contributed by atoms with Gasteiger partial charge in [-0.1, -0.05) is 11.3 Å². The lowest BCUT2D eigenvalue weighted by atomic mass is 10.4. The molecule has 0 unspecified atom stereocenters. The molecule has 0 fully saturated rings. The number of aryl methyl sites for hydroxylation is 3. The van der Waals surface area contributed by atoms with Gasteiger partial charge in [-0.25, -0.2) is 0 Å². The van der Waals surface area contributed by atoms with Gasteiger partial charge in [-0.3, -0.25) is 4.68 Å². The van der Waals surface area contributed by atoms with E-state index in [-0.39, 0.29) is 0 Å². The third kappa shape index (κ3) is 2.79. The summed E-state index contributed by atoms with van der Waals surface area (Å²) in [6.07, 6.45) is 4.78. The summed E-state index contributed by atoms with van der Waals surface area (Å²) in [6, 6.07) is 0. The maximum Gasteiger partial charge on any atom is 0.205 e. The number of nitrogens with zero attached hydrogens (tertiary/aromatic N) is 4. The number of anilines is 1. The zero-order valence-corrected chi connectivity index (χ0v) is 10.3. The highest BCUT2D eigenvalue weighted by Crippen LogP contribution is 2.15. The summed E-state index contributed by atoms with van der Waals surface area (Å²) in [6.45, 7) is 5.83. The molecule has 6 heteroatoms. The molecule has 0 atom stereocenters. The van der Waals surface area contributed by atoms with Gasteiger partial charge in [-0.2, -0.15) is 5.10 Å². The van der Waals surface area contributed by atoms with Gasteiger partial charge in [0.15, 0.2) is 0 Å². The normalized spacial score (nSPS) is 10.6. The lowest BCUT2D eigenvalue weighted by molar-refractivity contribution is 0.611. The molecule has 0 spiro atoms. The minimum absolute atomic E-state index is 0.856. The van der Waals surface area contributed by atoms with Crippen molar-refractivity contribution in [1.82, 2.24) is 20.0 Å². The molecule has 0 aliphatic heterocycles. The lowest BCUT2D eigenvalue weighted by Gasteiger charge is -1.97. The fourth-order valence-electron chi connectivity index (χ4n) is 1.38. The van der Waals surface area contributed by atoms with E-state index in [2.05, 4.69) is 20.6 Å². The molecular weight excluding hydrogens is 222 g/mol. The Kier molecular flexibility index (Phi) is 3.51. The average molecular weight is 237 g/mol. The highest BCUT2D eigenvalue weighted by atomic mass is 32.1. The second-order valence-electron chi connectivity index (χ2n) is 3.56. The van der Waals surface area contributed by atoms with Crippen LogP contribution in [-0.2, 0) is 13.0 Å². The number of hydrogen-bond donors (Lipinski definition) is 1. The van der Waals surface area contributed by atoms with E-state index >= 15 is 0 Å². The van der Waals surface area contributed by atoms with E-state index in [1.165, 1.54) is 5.56 Å². The summed E-state index contributed by atoms with van der Waals surface area (Å²) >= 11 is 1.61. The van der Waals surface area contributed by atoms with Crippen LogP contribution >= 0.6 is 11.3 Å². The Balaban J connectivity index is 1.89. The van der Waals surface area contributed by atoms with Crippen molar-refractivity contribution < 1.29 is 0 Å². The fourth-order valence-corrected chi connectivity index (χ4v) is 2.17. The molecule has 2 heterocycles. The maximum absolute atomic E-state index is 4.23. The second kappa shape index (κ2) is 5.07. The van der Waals surface area contributed by atoms with Crippen LogP contribution in [0.2, 0.25) is 0 Å². The van der Waals surface area contributed by atoms with Gasteiger partial charge >= 0.3 is 0 Å². The highest BCUT2D eigenvalue weighted by Gasteiger charge is 2.03. The van der Waals surface area contributed by atoms with E-state index in [1.54, 1.807) is 11.3 Å². The monoisotopic (exact) mass is 237 g/mol. The first-order valence-corrected chi connectivity index (χ1v) is 6.15. The highest BCUT2D eigenvalue weighted by molar-refractivity contribution is 7.15. The van der Waals surface area contributed by atoms with Crippen molar-refractivity contribution in [2.24, 2.45) is 0 Å². The van der Waals surface area contributed by atoms with Crippen molar-refractivity contribution in [2.75, 3.05) is 11.9 Å². The first-order valence-electron chi connectivity index (χ1n) is 5.33. The van der Waals surface area contributed by atoms with Crippen LogP contribution in [0.5, 0.6) is 0 Å². The van der Waals surface area contributed by atoms with Crippen LogP contribution in [0.1, 0.15) is 17.5 Å². The van der Waals surface area contributed by atoms with Gasteiger partial charge in [0.1, 0.15) is 5.01 Å². The number of nitrogens with one attached hydrogen (secondary N) is 1. The van der Waals surface area contributed by atoms with Crippen molar-refractivity contribution in [1.29, 1.82) is 0 Å². The zero-order valence-electron chi connectivity index (χ0n) is 9.47. The van der Waals surface area contributed by atoms with Crippen LogP contribution in [0.4, 0.5) is 5.13 Å². The van der Waals surface area contributed by atoms with Crippen molar-refractivity contribution in [2.45, 2.75) is 26.8 Å². The Morgan fingerprint density at radius 2 is 2.31 bits per heavy atom. The van der Waals surface area contributed by atoms with E-state index < -0.39 is 0 Å². The SMILES string of the molecule is CCNc1nnc(CCn2cc(C)cn2)s1. The van der Waals surface area contributed by atoms with Crippen LogP contribution < -0.4 is 5.32 Å². The van der Waals surface area contributed by atoms with E-state index in [0.717, 1.165) is 29.6 Å². The molecule has 16 heavy (non-hydrogen) atoms. The Hall–Kier alpha value is -1.43. The second-order valence-corrected chi connectivity index (χ2v) is 4.62. The Bertz CT molecular complexity index is 448. The molecule has 0 saturated heterocycles. The van der Waals surface area contributed by atoms with Gasteiger partial charge < -0.3 is 5.32 Å². The molecule has 86 valence electrons. The number of aromatic nitrogens is 4. The maximum atomic E-state index is 4.23. The van der Waals surface area contributed by atoms with E-state index in [0.29, 0.717) is 0 Å². The Morgan fingerprint density at radius 3 is 3.00 bits per heavy atom. The van der Waals surface area contributed by atoms with Gasteiger partial charge in [-0.05, 0) is 19.4 Å². The molecule has 0 aliphatic carbocycles. The molecule has 2 aromatic rings. The first-order chi connectivity index (χ1) is 7.78. The van der Waals surface area contributed by atoms with Gasteiger partial charge in [0.05, 0.1) is 6.20 Å². The minimum atomic E-state index is 0.856. The molecule has 0 radical (unpaired) electrons. The molecule has 2 aromatic heterocycles. The molecule has 0 amide bonds. The van der Waals surface area contributed by atoms with E-state index in [1.807, 2.05) is 30.9 Å². The fraction of sp³-hybridized carbons (Fsp3) is 0.500. The van der Waals surface area contributed by atoms with Gasteiger partial charge in [0.25, 0.3) is 0 Å². The summed E-state index contributed by atoms with van der Waals surface area (Å²) in [5.41, 5.74) is 1.19. The molecule has 0 bridgehead atoms. The molecular formula is C10H15N5S. The van der Waals surface area contributed by atoms with Crippen molar-refractivity contribution in [3.05, 3.63) is 23.0 Å². The lowest BCUT2D eigenvalue weighted by Crippen LogP contribution is -2.01. The first kappa shape index (κ1) is 11.1. The quantitative estimate of drug-likeness (QED) is 0.860. The van der Waals surface area contributed by atoms with Crippen molar-refractivity contribution in [3.8, 4) is 0 Å². The van der Waals surface area contributed by atoms with Crippen LogP contribution in [0.15, 0.2) is 12.4 Å². The predicted octanol–water partition coefficient (Wildman–Crippen LogP) is 1.72. The molecule has 2 rings (SSSR count). The molecule has 0 saturated carbocycles. The minimum Gasteiger partial charge on any atom is -0.360 e. The van der Waals surface area contributed by atoms with E-state index in [9.17, 15) is 0 Å². The van der Waals surface area contributed by atoms with Crippen molar-refractivity contribution >= 4 is 16.5 Å². The van der Waals surface area contributed by atoms with Crippen LogP contribution in [0, 0.1) is 6.92 Å². The summed E-state index contributed by atoms with van der Waals surface area (Å²) in [5, 5.41) is 17.5. The van der Waals surface area contributed by atoms with Crippen LogP contribution in [-0.4, -0.2) is 26.5 Å². The number of hydrogen-bond acceptors (Lipinski definition) is 5. The van der Waals surface area contributed by atoms with Crippen LogP contribution in [0.3, 0.4) is 0 Å². The third-order valence-electron chi connectivity index (χ3n) is 2.11. The molecule has 1 N–H and O–H groups in total. The van der Waals surface area contributed by atoms with Gasteiger partial charge in [0, 0.05) is 25.7 Å². The van der Waals surface area contributed by atoms with E-state index in [4.69, 9.17) is 0 Å². The number of rotatable bonds is 5. The standard InChI is InChI=1S/C10H15N5S/c1-3-11-10-14-13-9(16-10)4-5-15-7-8(2)6-12-15/h6-7H,3-5H2,1-2H3,(H,11,14). The van der Waals surface area contributed by atoms with Crippen LogP contribution in [0.25, 0.3) is 0 Å². The van der Waals surface area contributed by atoms with Gasteiger partial charge in [-0.15, -0.1) is 10.2 Å². The summed E-state index contributed by atoms with van der Waals surface area (Å²) < 4.78 is 1.93. The predicted molar refractivity (Wildman–Crippen MR) is 64.7 cm³/mol. The van der Waals surface area contributed by atoms with Crippen molar-refractivity contribution in [3.63, 3.8) is 0 Å². The Morgan fingerprint density at radius 1 is 1.44 bits per heavy atom. The largest absolute Gasteiger partial charge is 0.360 e.